The van der Waals surface area contributed by atoms with Crippen molar-refractivity contribution in [2.75, 3.05) is 26.7 Å². The molecule has 1 aromatic carbocycles. The largest absolute Gasteiger partial charge is 0.496 e. The lowest BCUT2D eigenvalue weighted by atomic mass is 10.1. The highest BCUT2D eigenvalue weighted by Crippen LogP contribution is 2.27. The molecule has 17 heavy (non-hydrogen) atoms. The summed E-state index contributed by atoms with van der Waals surface area (Å²) in [4.78, 5) is 2.44. The number of hydrogen-bond acceptors (Lipinski definition) is 2. The predicted molar refractivity (Wildman–Crippen MR) is 72.0 cm³/mol. The minimum atomic E-state index is 0.0812. The number of ether oxygens (including phenoxy) is 1. The lowest BCUT2D eigenvalue weighted by Gasteiger charge is -2.19. The smallest absolute Gasteiger partial charge is 0.121 e. The van der Waals surface area contributed by atoms with E-state index in [2.05, 4.69) is 24.0 Å². The molecule has 3 heteroatoms. The molecule has 0 N–H and O–H groups in total. The fraction of sp³-hybridized carbons (Fsp3) is 0.571. The lowest BCUT2D eigenvalue weighted by molar-refractivity contribution is 0.339. The standard InChI is InChI=1S/C14H20ClNO/c1-11-9-12(5-6-14(11)17-2)13(15)10-16-7-3-4-8-16/h5-6,9,13H,3-4,7-8,10H2,1-2H3. The molecule has 0 amide bonds. The predicted octanol–water partition coefficient (Wildman–Crippen LogP) is 3.38. The topological polar surface area (TPSA) is 12.5 Å². The lowest BCUT2D eigenvalue weighted by Crippen LogP contribution is -2.23. The Morgan fingerprint density at radius 1 is 1.35 bits per heavy atom. The Hall–Kier alpha value is -0.730. The van der Waals surface area contributed by atoms with Gasteiger partial charge in [0.25, 0.3) is 0 Å². The maximum absolute atomic E-state index is 6.47. The Balaban J connectivity index is 2.02. The highest BCUT2D eigenvalue weighted by Gasteiger charge is 2.17. The summed E-state index contributed by atoms with van der Waals surface area (Å²) in [7, 11) is 1.70. The van der Waals surface area contributed by atoms with Gasteiger partial charge < -0.3 is 9.64 Å². The van der Waals surface area contributed by atoms with Crippen LogP contribution < -0.4 is 4.74 Å². The quantitative estimate of drug-likeness (QED) is 0.763. The second-order valence-corrected chi connectivity index (χ2v) is 5.23. The molecule has 2 rings (SSSR count). The Labute approximate surface area is 109 Å². The molecule has 94 valence electrons. The van der Waals surface area contributed by atoms with Gasteiger partial charge in [-0.1, -0.05) is 12.1 Å². The third-order valence-corrected chi connectivity index (χ3v) is 3.79. The van der Waals surface area contributed by atoms with E-state index < -0.39 is 0 Å². The van der Waals surface area contributed by atoms with Crippen molar-refractivity contribution < 1.29 is 4.74 Å². The van der Waals surface area contributed by atoms with Crippen molar-refractivity contribution in [2.45, 2.75) is 25.1 Å². The van der Waals surface area contributed by atoms with E-state index in [1.807, 2.05) is 6.07 Å². The summed E-state index contributed by atoms with van der Waals surface area (Å²) in [5.74, 6) is 0.929. The van der Waals surface area contributed by atoms with Crippen molar-refractivity contribution in [3.05, 3.63) is 29.3 Å². The number of benzene rings is 1. The Morgan fingerprint density at radius 3 is 2.65 bits per heavy atom. The molecular weight excluding hydrogens is 234 g/mol. The van der Waals surface area contributed by atoms with Gasteiger partial charge in [0.05, 0.1) is 12.5 Å². The highest BCUT2D eigenvalue weighted by molar-refractivity contribution is 6.21. The van der Waals surface area contributed by atoms with Gasteiger partial charge in [-0.05, 0) is 50.0 Å². The molecule has 1 aromatic rings. The van der Waals surface area contributed by atoms with Gasteiger partial charge >= 0.3 is 0 Å². The van der Waals surface area contributed by atoms with Gasteiger partial charge in [0.15, 0.2) is 0 Å². The third-order valence-electron chi connectivity index (χ3n) is 3.40. The van der Waals surface area contributed by atoms with Gasteiger partial charge in [-0.2, -0.15) is 0 Å². The maximum atomic E-state index is 6.47. The van der Waals surface area contributed by atoms with Gasteiger partial charge in [-0.3, -0.25) is 0 Å². The number of aryl methyl sites for hydroxylation is 1. The van der Waals surface area contributed by atoms with Crippen LogP contribution in [0.4, 0.5) is 0 Å². The molecular formula is C14H20ClNO. The zero-order valence-corrected chi connectivity index (χ0v) is 11.3. The highest BCUT2D eigenvalue weighted by atomic mass is 35.5. The minimum absolute atomic E-state index is 0.0812. The van der Waals surface area contributed by atoms with Crippen LogP contribution in [0.15, 0.2) is 18.2 Å². The molecule has 2 nitrogen and oxygen atoms in total. The molecule has 1 atom stereocenters. The maximum Gasteiger partial charge on any atom is 0.121 e. The van der Waals surface area contributed by atoms with Crippen LogP contribution in [-0.2, 0) is 0 Å². The monoisotopic (exact) mass is 253 g/mol. The molecule has 1 unspecified atom stereocenters. The Bertz CT molecular complexity index is 374. The number of likely N-dealkylation sites (tertiary alicyclic amines) is 1. The van der Waals surface area contributed by atoms with Gasteiger partial charge in [-0.25, -0.2) is 0 Å². The zero-order chi connectivity index (χ0) is 12.3. The summed E-state index contributed by atoms with van der Waals surface area (Å²) in [5.41, 5.74) is 2.34. The van der Waals surface area contributed by atoms with Gasteiger partial charge in [0.1, 0.15) is 5.75 Å². The number of rotatable bonds is 4. The van der Waals surface area contributed by atoms with E-state index in [1.54, 1.807) is 7.11 Å². The molecule has 1 aliphatic heterocycles. The van der Waals surface area contributed by atoms with E-state index in [1.165, 1.54) is 31.5 Å². The molecule has 0 spiro atoms. The summed E-state index contributed by atoms with van der Waals surface area (Å²) in [6.07, 6.45) is 2.62. The molecule has 1 heterocycles. The number of halogens is 1. The number of methoxy groups -OCH3 is 1. The molecule has 0 saturated carbocycles. The van der Waals surface area contributed by atoms with Gasteiger partial charge in [0, 0.05) is 6.54 Å². The van der Waals surface area contributed by atoms with Crippen LogP contribution in [-0.4, -0.2) is 31.6 Å². The second kappa shape index (κ2) is 5.74. The van der Waals surface area contributed by atoms with Crippen molar-refractivity contribution in [3.8, 4) is 5.75 Å². The average Bonchev–Trinajstić information content (AvgIpc) is 2.81. The van der Waals surface area contributed by atoms with E-state index in [4.69, 9.17) is 16.3 Å². The minimum Gasteiger partial charge on any atom is -0.496 e. The normalized spacial score (nSPS) is 18.3. The molecule has 1 aliphatic rings. The van der Waals surface area contributed by atoms with Crippen LogP contribution in [0.25, 0.3) is 0 Å². The zero-order valence-electron chi connectivity index (χ0n) is 10.6. The molecule has 1 saturated heterocycles. The van der Waals surface area contributed by atoms with Gasteiger partial charge in [-0.15, -0.1) is 11.6 Å². The first-order valence-electron chi connectivity index (χ1n) is 6.21. The first-order valence-corrected chi connectivity index (χ1v) is 6.65. The van der Waals surface area contributed by atoms with E-state index in [0.29, 0.717) is 0 Å². The summed E-state index contributed by atoms with van der Waals surface area (Å²) in [6, 6.07) is 6.20. The number of alkyl halides is 1. The van der Waals surface area contributed by atoms with E-state index in [9.17, 15) is 0 Å². The van der Waals surface area contributed by atoms with Crippen molar-refractivity contribution >= 4 is 11.6 Å². The fourth-order valence-corrected chi connectivity index (χ4v) is 2.72. The second-order valence-electron chi connectivity index (χ2n) is 4.70. The van der Waals surface area contributed by atoms with Crippen LogP contribution in [0.3, 0.4) is 0 Å². The Morgan fingerprint density at radius 2 is 2.06 bits per heavy atom. The van der Waals surface area contributed by atoms with Crippen molar-refractivity contribution in [1.82, 2.24) is 4.90 Å². The van der Waals surface area contributed by atoms with E-state index >= 15 is 0 Å². The van der Waals surface area contributed by atoms with Crippen molar-refractivity contribution in [1.29, 1.82) is 0 Å². The third kappa shape index (κ3) is 3.14. The molecule has 0 aliphatic carbocycles. The van der Waals surface area contributed by atoms with Crippen molar-refractivity contribution in [3.63, 3.8) is 0 Å². The molecule has 0 bridgehead atoms. The van der Waals surface area contributed by atoms with Crippen molar-refractivity contribution in [2.24, 2.45) is 0 Å². The molecule has 0 aromatic heterocycles. The van der Waals surface area contributed by atoms with Crippen LogP contribution in [0.2, 0.25) is 0 Å². The summed E-state index contributed by atoms with van der Waals surface area (Å²) in [5, 5.41) is 0.0812. The fourth-order valence-electron chi connectivity index (χ4n) is 2.39. The molecule has 1 fully saturated rings. The first-order chi connectivity index (χ1) is 8.20. The Kier molecular flexibility index (Phi) is 4.30. The van der Waals surface area contributed by atoms with Gasteiger partial charge in [0.2, 0.25) is 0 Å². The SMILES string of the molecule is COc1ccc(C(Cl)CN2CCCC2)cc1C. The summed E-state index contributed by atoms with van der Waals surface area (Å²) < 4.78 is 5.26. The summed E-state index contributed by atoms with van der Waals surface area (Å²) >= 11 is 6.47. The summed E-state index contributed by atoms with van der Waals surface area (Å²) in [6.45, 7) is 5.39. The van der Waals surface area contributed by atoms with E-state index in [-0.39, 0.29) is 5.38 Å². The average molecular weight is 254 g/mol. The number of nitrogens with zero attached hydrogens (tertiary/aromatic N) is 1. The number of hydrogen-bond donors (Lipinski definition) is 0. The first kappa shape index (κ1) is 12.7. The van der Waals surface area contributed by atoms with Crippen LogP contribution in [0, 0.1) is 6.92 Å². The van der Waals surface area contributed by atoms with Crippen LogP contribution in [0.5, 0.6) is 5.75 Å². The molecule has 0 radical (unpaired) electrons. The van der Waals surface area contributed by atoms with Crippen LogP contribution >= 0.6 is 11.6 Å². The van der Waals surface area contributed by atoms with Crippen LogP contribution in [0.1, 0.15) is 29.3 Å². The van der Waals surface area contributed by atoms with E-state index in [0.717, 1.165) is 17.9 Å².